The van der Waals surface area contributed by atoms with E-state index in [0.717, 1.165) is 30.0 Å². The van der Waals surface area contributed by atoms with E-state index >= 15 is 0 Å². The lowest BCUT2D eigenvalue weighted by Crippen LogP contribution is -2.39. The number of nitrogens with two attached hydrogens (primary N) is 1. The van der Waals surface area contributed by atoms with E-state index in [9.17, 15) is 4.79 Å². The van der Waals surface area contributed by atoms with E-state index in [2.05, 4.69) is 10.1 Å². The molecule has 0 aromatic carbocycles. The SMILES string of the molecule is Cn1cc(-c2ncc(C(=O)N3CCC[C@H]3CN)s2)cn1. The molecule has 0 unspecified atom stereocenters. The Labute approximate surface area is 121 Å². The van der Waals surface area contributed by atoms with Crippen LogP contribution in [0.5, 0.6) is 0 Å². The van der Waals surface area contributed by atoms with Crippen LogP contribution in [0.3, 0.4) is 0 Å². The molecule has 106 valence electrons. The molecule has 20 heavy (non-hydrogen) atoms. The Morgan fingerprint density at radius 2 is 2.40 bits per heavy atom. The lowest BCUT2D eigenvalue weighted by Gasteiger charge is -2.22. The number of likely N-dealkylation sites (tertiary alicyclic amines) is 1. The van der Waals surface area contributed by atoms with Gasteiger partial charge in [0.25, 0.3) is 5.91 Å². The molecule has 2 N–H and O–H groups in total. The molecular formula is C13H17N5OS. The van der Waals surface area contributed by atoms with Crippen LogP contribution in [0, 0.1) is 0 Å². The van der Waals surface area contributed by atoms with Crippen molar-refractivity contribution in [3.63, 3.8) is 0 Å². The molecule has 1 aliphatic heterocycles. The van der Waals surface area contributed by atoms with E-state index in [0.29, 0.717) is 11.4 Å². The van der Waals surface area contributed by atoms with Gasteiger partial charge >= 0.3 is 0 Å². The predicted molar refractivity (Wildman–Crippen MR) is 77.4 cm³/mol. The third-order valence-corrected chi connectivity index (χ3v) is 4.61. The number of carbonyl (C=O) groups excluding carboxylic acids is 1. The highest BCUT2D eigenvalue weighted by atomic mass is 32.1. The number of hydrogen-bond acceptors (Lipinski definition) is 5. The van der Waals surface area contributed by atoms with Gasteiger partial charge < -0.3 is 10.6 Å². The minimum Gasteiger partial charge on any atom is -0.334 e. The molecule has 1 fully saturated rings. The summed E-state index contributed by atoms with van der Waals surface area (Å²) in [4.78, 5) is 19.4. The lowest BCUT2D eigenvalue weighted by atomic mass is 10.2. The normalized spacial score (nSPS) is 18.7. The molecule has 2 aromatic heterocycles. The average Bonchev–Trinajstić information content (AvgIpc) is 3.17. The quantitative estimate of drug-likeness (QED) is 0.919. The monoisotopic (exact) mass is 291 g/mol. The summed E-state index contributed by atoms with van der Waals surface area (Å²) < 4.78 is 1.73. The van der Waals surface area contributed by atoms with E-state index in [4.69, 9.17) is 5.73 Å². The van der Waals surface area contributed by atoms with E-state index in [1.165, 1.54) is 11.3 Å². The lowest BCUT2D eigenvalue weighted by molar-refractivity contribution is 0.0746. The summed E-state index contributed by atoms with van der Waals surface area (Å²) >= 11 is 1.41. The van der Waals surface area contributed by atoms with Gasteiger partial charge in [-0.2, -0.15) is 5.10 Å². The van der Waals surface area contributed by atoms with E-state index in [-0.39, 0.29) is 11.9 Å². The number of aryl methyl sites for hydroxylation is 1. The maximum absolute atomic E-state index is 12.5. The van der Waals surface area contributed by atoms with Gasteiger partial charge in [0.15, 0.2) is 0 Å². The number of amides is 1. The first-order valence-electron chi connectivity index (χ1n) is 6.65. The Bertz CT molecular complexity index is 620. The van der Waals surface area contributed by atoms with Crippen molar-refractivity contribution in [1.29, 1.82) is 0 Å². The van der Waals surface area contributed by atoms with E-state index in [1.54, 1.807) is 17.1 Å². The highest BCUT2D eigenvalue weighted by Crippen LogP contribution is 2.27. The Hall–Kier alpha value is -1.73. The molecule has 0 bridgehead atoms. The zero-order valence-electron chi connectivity index (χ0n) is 11.3. The molecule has 7 heteroatoms. The van der Waals surface area contributed by atoms with Crippen molar-refractivity contribution in [1.82, 2.24) is 19.7 Å². The Balaban J connectivity index is 1.81. The summed E-state index contributed by atoms with van der Waals surface area (Å²) in [5, 5.41) is 4.95. The van der Waals surface area contributed by atoms with Crippen LogP contribution in [0.25, 0.3) is 10.6 Å². The number of carbonyl (C=O) groups is 1. The molecule has 1 aliphatic rings. The molecule has 3 rings (SSSR count). The van der Waals surface area contributed by atoms with Gasteiger partial charge in [-0.3, -0.25) is 9.48 Å². The van der Waals surface area contributed by atoms with Gasteiger partial charge in [0.05, 0.1) is 12.4 Å². The fraction of sp³-hybridized carbons (Fsp3) is 0.462. The molecule has 2 aromatic rings. The highest BCUT2D eigenvalue weighted by molar-refractivity contribution is 7.16. The molecular weight excluding hydrogens is 274 g/mol. The first-order valence-corrected chi connectivity index (χ1v) is 7.46. The summed E-state index contributed by atoms with van der Waals surface area (Å²) in [5.74, 6) is 0.0468. The van der Waals surface area contributed by atoms with E-state index < -0.39 is 0 Å². The Morgan fingerprint density at radius 3 is 3.10 bits per heavy atom. The predicted octanol–water partition coefficient (Wildman–Crippen LogP) is 1.11. The molecule has 1 atom stereocenters. The summed E-state index contributed by atoms with van der Waals surface area (Å²) in [6, 6.07) is 0.173. The average molecular weight is 291 g/mol. The second kappa shape index (κ2) is 5.34. The van der Waals surface area contributed by atoms with Crippen molar-refractivity contribution in [3.8, 4) is 10.6 Å². The second-order valence-electron chi connectivity index (χ2n) is 4.96. The van der Waals surface area contributed by atoms with E-state index in [1.807, 2.05) is 18.1 Å². The first kappa shape index (κ1) is 13.3. The zero-order chi connectivity index (χ0) is 14.1. The number of hydrogen-bond donors (Lipinski definition) is 1. The van der Waals surface area contributed by atoms with Crippen molar-refractivity contribution in [2.75, 3.05) is 13.1 Å². The van der Waals surface area contributed by atoms with Crippen LogP contribution in [-0.2, 0) is 7.05 Å². The van der Waals surface area contributed by atoms with Crippen LogP contribution in [0.1, 0.15) is 22.5 Å². The van der Waals surface area contributed by atoms with Gasteiger partial charge in [-0.25, -0.2) is 4.98 Å². The van der Waals surface area contributed by atoms with Gasteiger partial charge in [0, 0.05) is 37.9 Å². The maximum atomic E-state index is 12.5. The van der Waals surface area contributed by atoms with Crippen molar-refractivity contribution in [2.24, 2.45) is 12.8 Å². The molecule has 0 saturated carbocycles. The van der Waals surface area contributed by atoms with Crippen LogP contribution in [0.4, 0.5) is 0 Å². The fourth-order valence-electron chi connectivity index (χ4n) is 2.53. The fourth-order valence-corrected chi connectivity index (χ4v) is 3.37. The number of rotatable bonds is 3. The number of aromatic nitrogens is 3. The van der Waals surface area contributed by atoms with Crippen molar-refractivity contribution in [2.45, 2.75) is 18.9 Å². The molecule has 6 nitrogen and oxygen atoms in total. The number of thiazole rings is 1. The Kier molecular flexibility index (Phi) is 3.54. The summed E-state index contributed by atoms with van der Waals surface area (Å²) in [6.07, 6.45) is 7.33. The van der Waals surface area contributed by atoms with Gasteiger partial charge in [-0.15, -0.1) is 11.3 Å². The molecule has 1 saturated heterocycles. The van der Waals surface area contributed by atoms with Gasteiger partial charge in [-0.1, -0.05) is 0 Å². The van der Waals surface area contributed by atoms with Gasteiger partial charge in [-0.05, 0) is 12.8 Å². The molecule has 0 spiro atoms. The first-order chi connectivity index (χ1) is 9.69. The summed E-state index contributed by atoms with van der Waals surface area (Å²) in [6.45, 7) is 1.32. The van der Waals surface area contributed by atoms with Crippen molar-refractivity contribution >= 4 is 17.2 Å². The largest absolute Gasteiger partial charge is 0.334 e. The van der Waals surface area contributed by atoms with Gasteiger partial charge in [0.1, 0.15) is 9.88 Å². The van der Waals surface area contributed by atoms with Gasteiger partial charge in [0.2, 0.25) is 0 Å². The third kappa shape index (κ3) is 2.34. The smallest absolute Gasteiger partial charge is 0.265 e. The molecule has 0 aliphatic carbocycles. The standard InChI is InChI=1S/C13H17N5OS/c1-17-8-9(6-16-17)12-15-7-11(20-12)13(19)18-4-2-3-10(18)5-14/h6-8,10H,2-5,14H2,1H3/t10-/m0/s1. The van der Waals surface area contributed by atoms with Crippen molar-refractivity contribution < 1.29 is 4.79 Å². The van der Waals surface area contributed by atoms with Crippen LogP contribution in [-0.4, -0.2) is 44.7 Å². The van der Waals surface area contributed by atoms with Crippen LogP contribution in [0.2, 0.25) is 0 Å². The highest BCUT2D eigenvalue weighted by Gasteiger charge is 2.29. The van der Waals surface area contributed by atoms with Crippen LogP contribution in [0.15, 0.2) is 18.6 Å². The molecule has 3 heterocycles. The minimum atomic E-state index is 0.0468. The summed E-state index contributed by atoms with van der Waals surface area (Å²) in [5.41, 5.74) is 6.66. The van der Waals surface area contributed by atoms with Crippen molar-refractivity contribution in [3.05, 3.63) is 23.5 Å². The molecule has 1 amide bonds. The second-order valence-corrected chi connectivity index (χ2v) is 5.99. The zero-order valence-corrected chi connectivity index (χ0v) is 12.1. The Morgan fingerprint density at radius 1 is 1.55 bits per heavy atom. The molecule has 0 radical (unpaired) electrons. The van der Waals surface area contributed by atoms with Crippen LogP contribution < -0.4 is 5.73 Å². The van der Waals surface area contributed by atoms with Crippen LogP contribution >= 0.6 is 11.3 Å². The topological polar surface area (TPSA) is 77.0 Å². The third-order valence-electron chi connectivity index (χ3n) is 3.58. The number of nitrogens with zero attached hydrogens (tertiary/aromatic N) is 4. The minimum absolute atomic E-state index is 0.0468. The maximum Gasteiger partial charge on any atom is 0.265 e. The summed E-state index contributed by atoms with van der Waals surface area (Å²) in [7, 11) is 1.86.